The van der Waals surface area contributed by atoms with Crippen LogP contribution < -0.4 is 25.2 Å². The molecule has 3 heterocycles. The van der Waals surface area contributed by atoms with Crippen LogP contribution in [0.25, 0.3) is 11.4 Å². The SMILES string of the molecule is COc1cccc(OC)c1C1CN(c2nc(-c3ccncn3)cc(=O)n2C)CCN1. The molecule has 156 valence electrons. The number of nitrogens with zero attached hydrogens (tertiary/aromatic N) is 5. The predicted octanol–water partition coefficient (Wildman–Crippen LogP) is 1.41. The van der Waals surface area contributed by atoms with Gasteiger partial charge >= 0.3 is 0 Å². The molecule has 2 aromatic heterocycles. The number of hydrogen-bond donors (Lipinski definition) is 1. The van der Waals surface area contributed by atoms with E-state index in [1.807, 2.05) is 18.2 Å². The van der Waals surface area contributed by atoms with E-state index in [1.165, 1.54) is 12.4 Å². The summed E-state index contributed by atoms with van der Waals surface area (Å²) in [5, 5.41) is 3.53. The van der Waals surface area contributed by atoms with Gasteiger partial charge in [-0.3, -0.25) is 9.36 Å². The molecular weight excluding hydrogens is 384 g/mol. The van der Waals surface area contributed by atoms with Crippen LogP contribution in [0.3, 0.4) is 0 Å². The quantitative estimate of drug-likeness (QED) is 0.677. The summed E-state index contributed by atoms with van der Waals surface area (Å²) in [5.74, 6) is 2.10. The molecule has 0 aliphatic carbocycles. The molecule has 0 bridgehead atoms. The summed E-state index contributed by atoms with van der Waals surface area (Å²) in [4.78, 5) is 27.6. The third-order valence-corrected chi connectivity index (χ3v) is 5.23. The van der Waals surface area contributed by atoms with Crippen molar-refractivity contribution < 1.29 is 9.47 Å². The van der Waals surface area contributed by atoms with Crippen LogP contribution in [0.15, 0.2) is 47.7 Å². The first-order chi connectivity index (χ1) is 14.6. The van der Waals surface area contributed by atoms with Crippen molar-refractivity contribution in [2.75, 3.05) is 38.8 Å². The van der Waals surface area contributed by atoms with Gasteiger partial charge in [0, 0.05) is 38.9 Å². The number of anilines is 1. The minimum Gasteiger partial charge on any atom is -0.496 e. The molecule has 30 heavy (non-hydrogen) atoms. The number of rotatable bonds is 5. The molecule has 1 aromatic carbocycles. The van der Waals surface area contributed by atoms with Gasteiger partial charge in [-0.25, -0.2) is 15.0 Å². The maximum Gasteiger partial charge on any atom is 0.255 e. The fourth-order valence-corrected chi connectivity index (χ4v) is 3.73. The zero-order valence-electron chi connectivity index (χ0n) is 17.2. The van der Waals surface area contributed by atoms with Gasteiger partial charge in [0.2, 0.25) is 5.95 Å². The van der Waals surface area contributed by atoms with Gasteiger partial charge in [0.1, 0.15) is 17.8 Å². The van der Waals surface area contributed by atoms with Crippen LogP contribution in [0.2, 0.25) is 0 Å². The molecule has 0 radical (unpaired) electrons. The highest BCUT2D eigenvalue weighted by Gasteiger charge is 2.28. The van der Waals surface area contributed by atoms with Gasteiger partial charge < -0.3 is 19.7 Å². The van der Waals surface area contributed by atoms with Crippen molar-refractivity contribution >= 4 is 5.95 Å². The molecule has 9 heteroatoms. The second-order valence-electron chi connectivity index (χ2n) is 6.96. The van der Waals surface area contributed by atoms with E-state index in [1.54, 1.807) is 38.1 Å². The van der Waals surface area contributed by atoms with Crippen molar-refractivity contribution in [3.05, 3.63) is 58.8 Å². The van der Waals surface area contributed by atoms with Gasteiger partial charge in [-0.1, -0.05) is 6.07 Å². The summed E-state index contributed by atoms with van der Waals surface area (Å²) in [6.45, 7) is 2.03. The number of nitrogens with one attached hydrogen (secondary N) is 1. The van der Waals surface area contributed by atoms with Crippen LogP contribution in [-0.4, -0.2) is 53.4 Å². The fourth-order valence-electron chi connectivity index (χ4n) is 3.73. The van der Waals surface area contributed by atoms with Crippen LogP contribution in [0, 0.1) is 0 Å². The minimum absolute atomic E-state index is 0.0514. The van der Waals surface area contributed by atoms with Gasteiger partial charge in [0.15, 0.2) is 0 Å². The highest BCUT2D eigenvalue weighted by Crippen LogP contribution is 2.35. The zero-order valence-corrected chi connectivity index (χ0v) is 17.2. The Morgan fingerprint density at radius 2 is 1.90 bits per heavy atom. The molecule has 1 aliphatic rings. The molecule has 0 saturated carbocycles. The van der Waals surface area contributed by atoms with E-state index in [0.717, 1.165) is 23.6 Å². The summed E-state index contributed by atoms with van der Waals surface area (Å²) in [6.07, 6.45) is 3.08. The average Bonchev–Trinajstić information content (AvgIpc) is 2.80. The van der Waals surface area contributed by atoms with Crippen LogP contribution in [-0.2, 0) is 7.05 Å². The van der Waals surface area contributed by atoms with E-state index in [2.05, 4.69) is 20.2 Å². The van der Waals surface area contributed by atoms with E-state index in [9.17, 15) is 4.79 Å². The zero-order chi connectivity index (χ0) is 21.1. The molecule has 1 unspecified atom stereocenters. The topological polar surface area (TPSA) is 94.4 Å². The van der Waals surface area contributed by atoms with Gasteiger partial charge in [-0.2, -0.15) is 0 Å². The molecule has 1 saturated heterocycles. The second-order valence-corrected chi connectivity index (χ2v) is 6.96. The van der Waals surface area contributed by atoms with Gasteiger partial charge in [-0.05, 0) is 18.2 Å². The Balaban J connectivity index is 1.71. The third kappa shape index (κ3) is 3.71. The maximum atomic E-state index is 12.6. The summed E-state index contributed by atoms with van der Waals surface area (Å²) in [5.41, 5.74) is 1.95. The predicted molar refractivity (Wildman–Crippen MR) is 113 cm³/mol. The van der Waals surface area contributed by atoms with Crippen LogP contribution >= 0.6 is 0 Å². The molecular formula is C21H24N6O3. The minimum atomic E-state index is -0.140. The van der Waals surface area contributed by atoms with Crippen molar-refractivity contribution in [3.8, 4) is 22.9 Å². The Hall–Kier alpha value is -3.46. The summed E-state index contributed by atoms with van der Waals surface area (Å²) in [6, 6.07) is 8.92. The first kappa shape index (κ1) is 19.8. The van der Waals surface area contributed by atoms with Crippen molar-refractivity contribution in [1.29, 1.82) is 0 Å². The summed E-state index contributed by atoms with van der Waals surface area (Å²) < 4.78 is 12.7. The lowest BCUT2D eigenvalue weighted by molar-refractivity contribution is 0.362. The van der Waals surface area contributed by atoms with Crippen molar-refractivity contribution in [3.63, 3.8) is 0 Å². The molecule has 0 spiro atoms. The highest BCUT2D eigenvalue weighted by molar-refractivity contribution is 5.55. The third-order valence-electron chi connectivity index (χ3n) is 5.23. The highest BCUT2D eigenvalue weighted by atomic mass is 16.5. The number of hydrogen-bond acceptors (Lipinski definition) is 8. The molecule has 1 atom stereocenters. The fraction of sp³-hybridized carbons (Fsp3) is 0.333. The lowest BCUT2D eigenvalue weighted by Gasteiger charge is -2.36. The van der Waals surface area contributed by atoms with E-state index in [4.69, 9.17) is 14.5 Å². The van der Waals surface area contributed by atoms with Gasteiger partial charge in [-0.15, -0.1) is 0 Å². The molecule has 1 N–H and O–H groups in total. The number of piperazine rings is 1. The molecule has 9 nitrogen and oxygen atoms in total. The maximum absolute atomic E-state index is 12.6. The first-order valence-electron chi connectivity index (χ1n) is 9.66. The lowest BCUT2D eigenvalue weighted by Crippen LogP contribution is -2.48. The van der Waals surface area contributed by atoms with Crippen LogP contribution in [0.4, 0.5) is 5.95 Å². The van der Waals surface area contributed by atoms with Crippen molar-refractivity contribution in [2.24, 2.45) is 7.05 Å². The van der Waals surface area contributed by atoms with E-state index in [0.29, 0.717) is 30.4 Å². The molecule has 1 aliphatic heterocycles. The van der Waals surface area contributed by atoms with Gasteiger partial charge in [0.25, 0.3) is 5.56 Å². The van der Waals surface area contributed by atoms with Crippen LogP contribution in [0.5, 0.6) is 11.5 Å². The molecule has 0 amide bonds. The number of benzene rings is 1. The largest absolute Gasteiger partial charge is 0.496 e. The van der Waals surface area contributed by atoms with Crippen molar-refractivity contribution in [1.82, 2.24) is 24.8 Å². The molecule has 4 rings (SSSR count). The molecule has 1 fully saturated rings. The number of methoxy groups -OCH3 is 2. The standard InChI is InChI=1S/C21H24N6O3/c1-26-19(28)11-15(14-7-8-22-13-24-14)25-21(26)27-10-9-23-16(12-27)20-17(29-2)5-4-6-18(20)30-3/h4-8,11,13,16,23H,9-10,12H2,1-3H3. The van der Waals surface area contributed by atoms with E-state index < -0.39 is 0 Å². The first-order valence-corrected chi connectivity index (χ1v) is 9.66. The Morgan fingerprint density at radius 3 is 2.57 bits per heavy atom. The average molecular weight is 408 g/mol. The number of aromatic nitrogens is 4. The summed E-state index contributed by atoms with van der Waals surface area (Å²) in [7, 11) is 5.03. The monoisotopic (exact) mass is 408 g/mol. The Morgan fingerprint density at radius 1 is 1.13 bits per heavy atom. The van der Waals surface area contributed by atoms with Gasteiger partial charge in [0.05, 0.1) is 37.2 Å². The molecule has 3 aromatic rings. The summed E-state index contributed by atoms with van der Waals surface area (Å²) >= 11 is 0. The Kier molecular flexibility index (Phi) is 5.62. The van der Waals surface area contributed by atoms with Crippen LogP contribution in [0.1, 0.15) is 11.6 Å². The number of ether oxygens (including phenoxy) is 2. The van der Waals surface area contributed by atoms with E-state index in [-0.39, 0.29) is 11.6 Å². The normalized spacial score (nSPS) is 16.4. The lowest BCUT2D eigenvalue weighted by atomic mass is 10.0. The Labute approximate surface area is 174 Å². The van der Waals surface area contributed by atoms with E-state index >= 15 is 0 Å². The Bertz CT molecular complexity index is 1060. The second kappa shape index (κ2) is 8.50. The smallest absolute Gasteiger partial charge is 0.255 e. The van der Waals surface area contributed by atoms with Crippen molar-refractivity contribution in [2.45, 2.75) is 6.04 Å².